The first-order chi connectivity index (χ1) is 16.6. The second kappa shape index (κ2) is 9.36. The first-order valence-corrected chi connectivity index (χ1v) is 12.7. The fourth-order valence-corrected chi connectivity index (χ4v) is 7.24. The predicted molar refractivity (Wildman–Crippen MR) is 121 cm³/mol. The van der Waals surface area contributed by atoms with Gasteiger partial charge in [0.25, 0.3) is 0 Å². The van der Waals surface area contributed by atoms with Crippen molar-refractivity contribution in [2.24, 2.45) is 22.7 Å². The van der Waals surface area contributed by atoms with Gasteiger partial charge in [-0.2, -0.15) is 26.3 Å². The van der Waals surface area contributed by atoms with Crippen LogP contribution in [0.5, 0.6) is 0 Å². The molecule has 3 nitrogen and oxygen atoms in total. The van der Waals surface area contributed by atoms with E-state index in [-0.39, 0.29) is 23.7 Å². The smallest absolute Gasteiger partial charge is 0.393 e. The molecule has 4 aliphatic carbocycles. The third kappa shape index (κ3) is 4.98. The van der Waals surface area contributed by atoms with Crippen molar-refractivity contribution >= 4 is 0 Å². The first kappa shape index (κ1) is 27.5. The molecule has 9 heteroatoms. The van der Waals surface area contributed by atoms with Gasteiger partial charge in [-0.1, -0.05) is 36.1 Å². The highest BCUT2D eigenvalue weighted by molar-refractivity contribution is 5.28. The number of hydrogen-bond acceptors (Lipinski definition) is 3. The number of hydrogen-bond donors (Lipinski definition) is 3. The lowest BCUT2D eigenvalue weighted by atomic mass is 9.59. The molecule has 0 aromatic rings. The van der Waals surface area contributed by atoms with Gasteiger partial charge in [-0.25, -0.2) is 0 Å². The largest absolute Gasteiger partial charge is 0.438 e. The fourth-order valence-electron chi connectivity index (χ4n) is 7.24. The highest BCUT2D eigenvalue weighted by atomic mass is 19.4. The lowest BCUT2D eigenvalue weighted by molar-refractivity contribution is -0.343. The second-order valence-corrected chi connectivity index (χ2v) is 11.6. The van der Waals surface area contributed by atoms with Crippen molar-refractivity contribution in [3.8, 4) is 11.8 Å². The van der Waals surface area contributed by atoms with Crippen molar-refractivity contribution in [1.82, 2.24) is 0 Å². The summed E-state index contributed by atoms with van der Waals surface area (Å²) in [7, 11) is 0. The number of fused-ring (bicyclic) bond motifs is 1. The maximum Gasteiger partial charge on any atom is 0.438 e. The summed E-state index contributed by atoms with van der Waals surface area (Å²) >= 11 is 0. The lowest BCUT2D eigenvalue weighted by Crippen LogP contribution is -2.55. The first-order valence-electron chi connectivity index (χ1n) is 12.7. The Balaban J connectivity index is 1.52. The Bertz CT molecular complexity index is 939. The van der Waals surface area contributed by atoms with Crippen molar-refractivity contribution in [1.29, 1.82) is 0 Å². The van der Waals surface area contributed by atoms with Crippen LogP contribution in [-0.4, -0.2) is 45.5 Å². The average molecular weight is 521 g/mol. The molecule has 5 atom stereocenters. The minimum atomic E-state index is -5.93. The van der Waals surface area contributed by atoms with Crippen LogP contribution in [0.4, 0.5) is 26.3 Å². The Morgan fingerprint density at radius 2 is 1.56 bits per heavy atom. The Morgan fingerprint density at radius 1 is 0.944 bits per heavy atom. The zero-order chi connectivity index (χ0) is 26.6. The van der Waals surface area contributed by atoms with Gasteiger partial charge in [0.2, 0.25) is 0 Å². The van der Waals surface area contributed by atoms with Crippen LogP contribution in [0.3, 0.4) is 0 Å². The number of aliphatic hydroxyl groups is 3. The van der Waals surface area contributed by atoms with Gasteiger partial charge in [-0.15, -0.1) is 0 Å². The molecule has 4 rings (SSSR count). The number of aliphatic hydroxyl groups excluding tert-OH is 2. The monoisotopic (exact) mass is 520 g/mol. The Labute approximate surface area is 207 Å². The number of rotatable bonds is 3. The molecule has 0 amide bonds. The molecular weight excluding hydrogens is 486 g/mol. The van der Waals surface area contributed by atoms with E-state index in [1.54, 1.807) is 0 Å². The lowest BCUT2D eigenvalue weighted by Gasteiger charge is -2.45. The minimum Gasteiger partial charge on any atom is -0.393 e. The van der Waals surface area contributed by atoms with E-state index >= 15 is 0 Å². The summed E-state index contributed by atoms with van der Waals surface area (Å²) in [5.41, 5.74) is -3.25. The summed E-state index contributed by atoms with van der Waals surface area (Å²) in [5, 5.41) is 29.3. The predicted octanol–water partition coefficient (Wildman–Crippen LogP) is 5.99. The highest BCUT2D eigenvalue weighted by Gasteiger charge is 2.70. The molecule has 36 heavy (non-hydrogen) atoms. The average Bonchev–Trinajstić information content (AvgIpc) is 3.42. The van der Waals surface area contributed by atoms with Crippen molar-refractivity contribution in [2.45, 2.75) is 108 Å². The summed E-state index contributed by atoms with van der Waals surface area (Å²) in [4.78, 5) is 0. The molecular formula is C27H34F6O3. The highest BCUT2D eigenvalue weighted by Crippen LogP contribution is 2.69. The van der Waals surface area contributed by atoms with E-state index in [0.717, 1.165) is 43.6 Å². The maximum atomic E-state index is 13.0. The normalized spacial score (nSPS) is 36.9. The molecule has 4 saturated carbocycles. The third-order valence-electron chi connectivity index (χ3n) is 9.20. The third-order valence-corrected chi connectivity index (χ3v) is 9.20. The van der Waals surface area contributed by atoms with Crippen LogP contribution >= 0.6 is 0 Å². The van der Waals surface area contributed by atoms with E-state index < -0.39 is 35.6 Å². The summed E-state index contributed by atoms with van der Waals surface area (Å²) in [5.74, 6) is 3.68. The van der Waals surface area contributed by atoms with Crippen LogP contribution in [0, 0.1) is 34.5 Å². The standard InChI is InChI=1S/C27H34F6O3/c1-23-9-2-4-18(6-5-17-14-19(34)16-20(35)15-17)21(23)7-8-22(23)24(12-13-24)10-3-11-25(36,26(28,29)30)27(31,32)33/h5-6,19-22,34-36H,2,4,7-10,12-16H2,1H3/t19-,20?,21?,22?,23+/m1/s1. The van der Waals surface area contributed by atoms with E-state index in [4.69, 9.17) is 0 Å². The number of halogens is 6. The van der Waals surface area contributed by atoms with Crippen molar-refractivity contribution in [3.05, 3.63) is 23.3 Å². The fraction of sp³-hybridized carbons (Fsp3) is 0.778. The van der Waals surface area contributed by atoms with Crippen molar-refractivity contribution in [3.63, 3.8) is 0 Å². The molecule has 0 aliphatic heterocycles. The van der Waals surface area contributed by atoms with Crippen LogP contribution in [-0.2, 0) is 0 Å². The van der Waals surface area contributed by atoms with Crippen LogP contribution in [0.1, 0.15) is 77.6 Å². The molecule has 4 fully saturated rings. The van der Waals surface area contributed by atoms with Gasteiger partial charge < -0.3 is 15.3 Å². The van der Waals surface area contributed by atoms with Crippen LogP contribution in [0.25, 0.3) is 0 Å². The molecule has 0 aromatic carbocycles. The summed E-state index contributed by atoms with van der Waals surface area (Å²) in [6.07, 6.45) is -1.47. The topological polar surface area (TPSA) is 60.7 Å². The minimum absolute atomic E-state index is 0.0900. The Morgan fingerprint density at radius 3 is 2.11 bits per heavy atom. The Kier molecular flexibility index (Phi) is 7.15. The van der Waals surface area contributed by atoms with E-state index in [1.807, 2.05) is 6.08 Å². The van der Waals surface area contributed by atoms with Gasteiger partial charge in [0, 0.05) is 6.42 Å². The quantitative estimate of drug-likeness (QED) is 0.317. The zero-order valence-electron chi connectivity index (χ0n) is 20.4. The molecule has 3 unspecified atom stereocenters. The summed E-state index contributed by atoms with van der Waals surface area (Å²) in [6, 6.07) is 0. The summed E-state index contributed by atoms with van der Waals surface area (Å²) < 4.78 is 78.0. The molecule has 3 N–H and O–H groups in total. The van der Waals surface area contributed by atoms with Gasteiger partial charge >= 0.3 is 18.0 Å². The van der Waals surface area contributed by atoms with Gasteiger partial charge in [-0.05, 0) is 92.8 Å². The molecule has 0 aromatic heterocycles. The van der Waals surface area contributed by atoms with Crippen LogP contribution < -0.4 is 0 Å². The van der Waals surface area contributed by atoms with Gasteiger partial charge in [0.15, 0.2) is 0 Å². The van der Waals surface area contributed by atoms with Crippen molar-refractivity contribution in [2.75, 3.05) is 0 Å². The SMILES string of the molecule is C[C@]12CCCC(=CC=C3CC(O)C[C@H](O)C3)C1CCC2C1(CC#CC(O)(C(F)(F)F)C(F)(F)F)CC1. The van der Waals surface area contributed by atoms with E-state index in [2.05, 4.69) is 18.9 Å². The maximum absolute atomic E-state index is 13.0. The molecule has 0 saturated heterocycles. The summed E-state index contributed by atoms with van der Waals surface area (Å²) in [6.45, 7) is 2.19. The van der Waals surface area contributed by atoms with E-state index in [0.29, 0.717) is 32.1 Å². The molecule has 202 valence electrons. The Hall–Kier alpha value is -1.50. The van der Waals surface area contributed by atoms with Gasteiger partial charge in [0.05, 0.1) is 12.2 Å². The van der Waals surface area contributed by atoms with E-state index in [1.165, 1.54) is 5.57 Å². The van der Waals surface area contributed by atoms with Crippen molar-refractivity contribution < 1.29 is 41.7 Å². The molecule has 0 radical (unpaired) electrons. The number of allylic oxidation sites excluding steroid dienone is 3. The van der Waals surface area contributed by atoms with Gasteiger partial charge in [-0.3, -0.25) is 0 Å². The van der Waals surface area contributed by atoms with Crippen LogP contribution in [0.15, 0.2) is 23.3 Å². The molecule has 4 aliphatic rings. The van der Waals surface area contributed by atoms with Gasteiger partial charge in [0.1, 0.15) is 0 Å². The molecule has 0 heterocycles. The molecule has 0 spiro atoms. The molecule has 0 bridgehead atoms. The zero-order valence-corrected chi connectivity index (χ0v) is 20.4. The van der Waals surface area contributed by atoms with Crippen LogP contribution in [0.2, 0.25) is 0 Å². The number of alkyl halides is 6. The second-order valence-electron chi connectivity index (χ2n) is 11.6. The van der Waals surface area contributed by atoms with E-state index in [9.17, 15) is 41.7 Å².